The van der Waals surface area contributed by atoms with Gasteiger partial charge in [-0.25, -0.2) is 0 Å². The standard InChI is InChI=1S/C21H28N4O4S2/c1-22-18(28)14-10-12-30-20(14)24-16(26)8-6-4-3-5-7-9-17(27)25-21-15(11-13-31-21)19(29)23-2/h10-13H,3-9H2,1-2H3,(H,22,28)(H,23,29)(H,24,26)(H,25,27). The minimum atomic E-state index is -0.218. The predicted octanol–water partition coefficient (Wildman–Crippen LogP) is 3.84. The molecule has 2 aromatic rings. The van der Waals surface area contributed by atoms with Crippen LogP contribution in [0.2, 0.25) is 0 Å². The largest absolute Gasteiger partial charge is 0.355 e. The molecule has 0 bridgehead atoms. The van der Waals surface area contributed by atoms with Crippen molar-refractivity contribution in [2.75, 3.05) is 24.7 Å². The molecule has 0 saturated heterocycles. The van der Waals surface area contributed by atoms with Gasteiger partial charge in [0.05, 0.1) is 11.1 Å². The summed E-state index contributed by atoms with van der Waals surface area (Å²) in [5.74, 6) is -0.640. The minimum absolute atomic E-state index is 0.102. The Balaban J connectivity index is 1.57. The van der Waals surface area contributed by atoms with E-state index in [-0.39, 0.29) is 23.6 Å². The SMILES string of the molecule is CNC(=O)c1ccsc1NC(=O)CCCCCCCC(=O)Nc1sccc1C(=O)NC. The molecule has 168 valence electrons. The van der Waals surface area contributed by atoms with Crippen molar-refractivity contribution in [3.63, 3.8) is 0 Å². The molecular formula is C21H28N4O4S2. The van der Waals surface area contributed by atoms with Crippen molar-refractivity contribution in [2.24, 2.45) is 0 Å². The maximum Gasteiger partial charge on any atom is 0.254 e. The third-order valence-corrected chi connectivity index (χ3v) is 6.25. The second-order valence-corrected chi connectivity index (χ2v) is 8.68. The van der Waals surface area contributed by atoms with Crippen molar-refractivity contribution >= 4 is 56.3 Å². The van der Waals surface area contributed by atoms with Crippen LogP contribution < -0.4 is 21.3 Å². The molecule has 10 heteroatoms. The van der Waals surface area contributed by atoms with E-state index in [0.29, 0.717) is 34.0 Å². The number of anilines is 2. The molecule has 0 aliphatic heterocycles. The Morgan fingerprint density at radius 2 is 1.06 bits per heavy atom. The highest BCUT2D eigenvalue weighted by atomic mass is 32.1. The number of unbranched alkanes of at least 4 members (excludes halogenated alkanes) is 4. The normalized spacial score (nSPS) is 10.4. The summed E-state index contributed by atoms with van der Waals surface area (Å²) < 4.78 is 0. The maximum atomic E-state index is 12.1. The Labute approximate surface area is 189 Å². The van der Waals surface area contributed by atoms with E-state index in [9.17, 15) is 19.2 Å². The Kier molecular flexibility index (Phi) is 10.2. The summed E-state index contributed by atoms with van der Waals surface area (Å²) >= 11 is 2.65. The first-order valence-electron chi connectivity index (χ1n) is 10.1. The van der Waals surface area contributed by atoms with Crippen LogP contribution in [0.3, 0.4) is 0 Å². The molecule has 0 aliphatic rings. The Hall–Kier alpha value is -2.72. The Bertz CT molecular complexity index is 835. The van der Waals surface area contributed by atoms with Gasteiger partial charge in [0, 0.05) is 26.9 Å². The molecule has 0 aliphatic carbocycles. The fraction of sp³-hybridized carbons (Fsp3) is 0.429. The molecule has 8 nitrogen and oxygen atoms in total. The quantitative estimate of drug-likeness (QED) is 0.357. The third-order valence-electron chi connectivity index (χ3n) is 4.59. The van der Waals surface area contributed by atoms with Crippen LogP contribution in [-0.4, -0.2) is 37.7 Å². The lowest BCUT2D eigenvalue weighted by molar-refractivity contribution is -0.117. The third kappa shape index (κ3) is 7.80. The van der Waals surface area contributed by atoms with Gasteiger partial charge in [-0.05, 0) is 35.7 Å². The van der Waals surface area contributed by atoms with Gasteiger partial charge in [-0.15, -0.1) is 22.7 Å². The van der Waals surface area contributed by atoms with E-state index in [1.54, 1.807) is 37.0 Å². The second-order valence-electron chi connectivity index (χ2n) is 6.85. The monoisotopic (exact) mass is 464 g/mol. The summed E-state index contributed by atoms with van der Waals surface area (Å²) in [4.78, 5) is 47.6. The average molecular weight is 465 g/mol. The molecule has 2 aromatic heterocycles. The molecule has 31 heavy (non-hydrogen) atoms. The maximum absolute atomic E-state index is 12.1. The molecule has 0 spiro atoms. The number of hydrogen-bond acceptors (Lipinski definition) is 6. The van der Waals surface area contributed by atoms with E-state index in [1.807, 2.05) is 0 Å². The summed E-state index contributed by atoms with van der Waals surface area (Å²) in [6, 6.07) is 3.38. The molecule has 0 saturated carbocycles. The molecule has 0 unspecified atom stereocenters. The number of nitrogens with one attached hydrogen (secondary N) is 4. The van der Waals surface area contributed by atoms with Crippen LogP contribution >= 0.6 is 22.7 Å². The molecule has 2 heterocycles. The summed E-state index contributed by atoms with van der Waals surface area (Å²) in [6.45, 7) is 0. The highest BCUT2D eigenvalue weighted by Crippen LogP contribution is 2.24. The molecule has 0 radical (unpaired) electrons. The summed E-state index contributed by atoms with van der Waals surface area (Å²) in [7, 11) is 3.11. The first-order valence-corrected chi connectivity index (χ1v) is 11.9. The van der Waals surface area contributed by atoms with Gasteiger partial charge in [0.15, 0.2) is 0 Å². The fourth-order valence-electron chi connectivity index (χ4n) is 2.92. The van der Waals surface area contributed by atoms with Crippen molar-refractivity contribution in [2.45, 2.75) is 44.9 Å². The van der Waals surface area contributed by atoms with E-state index in [2.05, 4.69) is 21.3 Å². The molecular weight excluding hydrogens is 436 g/mol. The van der Waals surface area contributed by atoms with Crippen molar-refractivity contribution in [3.05, 3.63) is 34.0 Å². The van der Waals surface area contributed by atoms with E-state index < -0.39 is 0 Å². The van der Waals surface area contributed by atoms with Crippen molar-refractivity contribution in [1.82, 2.24) is 10.6 Å². The van der Waals surface area contributed by atoms with Crippen LogP contribution in [0, 0.1) is 0 Å². The molecule has 4 N–H and O–H groups in total. The molecule has 0 atom stereocenters. The van der Waals surface area contributed by atoms with Gasteiger partial charge in [0.1, 0.15) is 10.0 Å². The number of amides is 4. The topological polar surface area (TPSA) is 116 Å². The zero-order valence-corrected chi connectivity index (χ0v) is 19.3. The summed E-state index contributed by atoms with van der Waals surface area (Å²) in [5.41, 5.74) is 0.952. The van der Waals surface area contributed by atoms with Crippen molar-refractivity contribution in [1.29, 1.82) is 0 Å². The van der Waals surface area contributed by atoms with Crippen LogP contribution in [-0.2, 0) is 9.59 Å². The predicted molar refractivity (Wildman–Crippen MR) is 125 cm³/mol. The number of thiophene rings is 2. The van der Waals surface area contributed by atoms with E-state index in [0.717, 1.165) is 32.1 Å². The summed E-state index contributed by atoms with van der Waals surface area (Å²) in [5, 5.41) is 15.4. The smallest absolute Gasteiger partial charge is 0.254 e. The van der Waals surface area contributed by atoms with E-state index >= 15 is 0 Å². The van der Waals surface area contributed by atoms with Crippen LogP contribution in [0.5, 0.6) is 0 Å². The fourth-order valence-corrected chi connectivity index (χ4v) is 4.52. The lowest BCUT2D eigenvalue weighted by Gasteiger charge is -2.07. The van der Waals surface area contributed by atoms with E-state index in [1.165, 1.54) is 22.7 Å². The van der Waals surface area contributed by atoms with Gasteiger partial charge in [0.2, 0.25) is 11.8 Å². The lowest BCUT2D eigenvalue weighted by atomic mass is 10.1. The van der Waals surface area contributed by atoms with Gasteiger partial charge in [-0.1, -0.05) is 19.3 Å². The van der Waals surface area contributed by atoms with E-state index in [4.69, 9.17) is 0 Å². The van der Waals surface area contributed by atoms with Crippen molar-refractivity contribution < 1.29 is 19.2 Å². The zero-order valence-electron chi connectivity index (χ0n) is 17.7. The highest BCUT2D eigenvalue weighted by molar-refractivity contribution is 7.15. The zero-order chi connectivity index (χ0) is 22.6. The first kappa shape index (κ1) is 24.5. The van der Waals surface area contributed by atoms with Gasteiger partial charge >= 0.3 is 0 Å². The average Bonchev–Trinajstić information content (AvgIpc) is 3.41. The molecule has 4 amide bonds. The van der Waals surface area contributed by atoms with Crippen LogP contribution in [0.25, 0.3) is 0 Å². The molecule has 0 aromatic carbocycles. The highest BCUT2D eigenvalue weighted by Gasteiger charge is 2.14. The molecule has 2 rings (SSSR count). The van der Waals surface area contributed by atoms with Gasteiger partial charge in [-0.2, -0.15) is 0 Å². The first-order chi connectivity index (χ1) is 15.0. The number of carbonyl (C=O) groups is 4. The molecule has 0 fully saturated rings. The van der Waals surface area contributed by atoms with Crippen LogP contribution in [0.1, 0.15) is 65.7 Å². The van der Waals surface area contributed by atoms with Gasteiger partial charge in [-0.3, -0.25) is 19.2 Å². The van der Waals surface area contributed by atoms with Crippen LogP contribution in [0.15, 0.2) is 22.9 Å². The number of carbonyl (C=O) groups excluding carboxylic acids is 4. The van der Waals surface area contributed by atoms with Crippen LogP contribution in [0.4, 0.5) is 10.0 Å². The minimum Gasteiger partial charge on any atom is -0.355 e. The Morgan fingerprint density at radius 3 is 1.45 bits per heavy atom. The lowest BCUT2D eigenvalue weighted by Crippen LogP contribution is -2.20. The summed E-state index contributed by atoms with van der Waals surface area (Å²) in [6.07, 6.45) is 5.03. The number of rotatable bonds is 12. The second kappa shape index (κ2) is 12.9. The van der Waals surface area contributed by atoms with Gasteiger partial charge in [0.25, 0.3) is 11.8 Å². The van der Waals surface area contributed by atoms with Gasteiger partial charge < -0.3 is 21.3 Å². The number of hydrogen-bond donors (Lipinski definition) is 4. The Morgan fingerprint density at radius 1 is 0.677 bits per heavy atom. The van der Waals surface area contributed by atoms with Crippen molar-refractivity contribution in [3.8, 4) is 0 Å².